The lowest BCUT2D eigenvalue weighted by molar-refractivity contribution is -0.308. The highest BCUT2D eigenvalue weighted by molar-refractivity contribution is 5.23. The van der Waals surface area contributed by atoms with Gasteiger partial charge in [-0.15, -0.1) is 0 Å². The van der Waals surface area contributed by atoms with E-state index in [1.54, 1.807) is 6.08 Å². The summed E-state index contributed by atoms with van der Waals surface area (Å²) in [5, 5.41) is 59.2. The fraction of sp³-hybridized carbons (Fsp3) is 0.846. The van der Waals surface area contributed by atoms with Gasteiger partial charge in [-0.2, -0.15) is 0 Å². The van der Waals surface area contributed by atoms with Gasteiger partial charge in [0, 0.05) is 5.41 Å². The van der Waals surface area contributed by atoms with E-state index in [1.807, 2.05) is 0 Å². The topological polar surface area (TPSA) is 140 Å². The monoisotopic (exact) mass is 484 g/mol. The Morgan fingerprint density at radius 1 is 1.15 bits per heavy atom. The standard InChI is InChI=1S/C26H44O8/c1-16-7-11-26(15-33-24-23(32)22(31)21(30)19(14-29)34-24)17(2)5-4-6-20(26)25(16,3)10-8-18(13-28)9-12-27/h5,9,16,19-24,27-32H,4,6-8,10-15H2,1-3H3. The van der Waals surface area contributed by atoms with Crippen LogP contribution in [0.2, 0.25) is 0 Å². The Morgan fingerprint density at radius 3 is 2.53 bits per heavy atom. The van der Waals surface area contributed by atoms with Crippen LogP contribution >= 0.6 is 0 Å². The molecule has 2 fully saturated rings. The number of rotatable bonds is 9. The third-order valence-electron chi connectivity index (χ3n) is 9.22. The minimum Gasteiger partial charge on any atom is -0.394 e. The molecule has 1 heterocycles. The zero-order chi connectivity index (χ0) is 25.1. The van der Waals surface area contributed by atoms with Crippen LogP contribution in [0.3, 0.4) is 0 Å². The molecule has 8 heteroatoms. The van der Waals surface area contributed by atoms with Gasteiger partial charge in [0.05, 0.1) is 26.4 Å². The Bertz CT molecular complexity index is 736. The van der Waals surface area contributed by atoms with E-state index in [4.69, 9.17) is 9.47 Å². The fourth-order valence-corrected chi connectivity index (χ4v) is 6.65. The van der Waals surface area contributed by atoms with Crippen molar-refractivity contribution < 1.29 is 40.1 Å². The quantitative estimate of drug-likeness (QED) is 0.269. The molecule has 3 rings (SSSR count). The molecule has 34 heavy (non-hydrogen) atoms. The Morgan fingerprint density at radius 2 is 1.88 bits per heavy atom. The molecular formula is C26H44O8. The van der Waals surface area contributed by atoms with Gasteiger partial charge in [0.2, 0.25) is 0 Å². The number of allylic oxidation sites excluding steroid dienone is 1. The van der Waals surface area contributed by atoms with Gasteiger partial charge in [0.25, 0.3) is 0 Å². The van der Waals surface area contributed by atoms with Crippen LogP contribution in [-0.4, -0.2) is 87.8 Å². The first-order valence-corrected chi connectivity index (χ1v) is 12.6. The molecule has 1 saturated heterocycles. The lowest BCUT2D eigenvalue weighted by Gasteiger charge is -2.59. The maximum atomic E-state index is 10.5. The highest BCUT2D eigenvalue weighted by Gasteiger charge is 2.56. The zero-order valence-electron chi connectivity index (χ0n) is 20.8. The summed E-state index contributed by atoms with van der Waals surface area (Å²) in [5.41, 5.74) is 1.85. The van der Waals surface area contributed by atoms with Crippen LogP contribution in [0.5, 0.6) is 0 Å². The van der Waals surface area contributed by atoms with Gasteiger partial charge in [-0.05, 0) is 68.3 Å². The first-order valence-electron chi connectivity index (χ1n) is 12.6. The van der Waals surface area contributed by atoms with Crippen molar-refractivity contribution in [3.63, 3.8) is 0 Å². The van der Waals surface area contributed by atoms with Crippen LogP contribution in [0.25, 0.3) is 0 Å². The Hall–Kier alpha value is -0.840. The van der Waals surface area contributed by atoms with Crippen molar-refractivity contribution >= 4 is 0 Å². The van der Waals surface area contributed by atoms with Crippen molar-refractivity contribution in [2.45, 2.75) is 90.0 Å². The highest BCUT2D eigenvalue weighted by Crippen LogP contribution is 2.62. The van der Waals surface area contributed by atoms with Gasteiger partial charge in [0.15, 0.2) is 6.29 Å². The summed E-state index contributed by atoms with van der Waals surface area (Å²) >= 11 is 0. The smallest absolute Gasteiger partial charge is 0.186 e. The molecule has 8 nitrogen and oxygen atoms in total. The largest absolute Gasteiger partial charge is 0.394 e. The third kappa shape index (κ3) is 5.15. The second-order valence-electron chi connectivity index (χ2n) is 10.8. The van der Waals surface area contributed by atoms with Crippen molar-refractivity contribution in [1.82, 2.24) is 0 Å². The maximum Gasteiger partial charge on any atom is 0.186 e. The Kier molecular flexibility index (Phi) is 9.36. The van der Waals surface area contributed by atoms with Crippen LogP contribution in [0.1, 0.15) is 59.3 Å². The van der Waals surface area contributed by atoms with E-state index in [1.165, 1.54) is 5.57 Å². The van der Waals surface area contributed by atoms with Gasteiger partial charge >= 0.3 is 0 Å². The fourth-order valence-electron chi connectivity index (χ4n) is 6.65. The number of hydrogen-bond donors (Lipinski definition) is 6. The minimum absolute atomic E-state index is 0.0176. The van der Waals surface area contributed by atoms with E-state index in [-0.39, 0.29) is 24.0 Å². The molecule has 0 aromatic heterocycles. The molecular weight excluding hydrogens is 440 g/mol. The molecule has 1 aliphatic heterocycles. The first-order chi connectivity index (χ1) is 16.1. The van der Waals surface area contributed by atoms with E-state index in [2.05, 4.69) is 26.8 Å². The summed E-state index contributed by atoms with van der Waals surface area (Å²) in [7, 11) is 0. The summed E-state index contributed by atoms with van der Waals surface area (Å²) < 4.78 is 11.8. The van der Waals surface area contributed by atoms with E-state index >= 15 is 0 Å². The first kappa shape index (κ1) is 27.7. The number of fused-ring (bicyclic) bond motifs is 1. The lowest BCUT2D eigenvalue weighted by atomic mass is 9.46. The maximum absolute atomic E-state index is 10.5. The number of aliphatic hydroxyl groups is 6. The molecule has 0 aromatic rings. The zero-order valence-corrected chi connectivity index (χ0v) is 20.8. The molecule has 196 valence electrons. The van der Waals surface area contributed by atoms with E-state index in [0.717, 1.165) is 44.1 Å². The van der Waals surface area contributed by atoms with Gasteiger partial charge < -0.3 is 40.1 Å². The normalized spacial score (nSPS) is 43.4. The number of ether oxygens (including phenoxy) is 2. The summed E-state index contributed by atoms with van der Waals surface area (Å²) in [6.07, 6.45) is 3.10. The predicted molar refractivity (Wildman–Crippen MR) is 127 cm³/mol. The summed E-state index contributed by atoms with van der Waals surface area (Å²) in [5.74, 6) is 0.783. The highest BCUT2D eigenvalue weighted by atomic mass is 16.7. The van der Waals surface area contributed by atoms with Crippen LogP contribution in [0, 0.1) is 22.7 Å². The van der Waals surface area contributed by atoms with Crippen molar-refractivity contribution in [2.75, 3.05) is 26.4 Å². The molecule has 3 aliphatic rings. The van der Waals surface area contributed by atoms with Gasteiger partial charge in [-0.3, -0.25) is 0 Å². The van der Waals surface area contributed by atoms with Crippen molar-refractivity contribution in [3.8, 4) is 0 Å². The average molecular weight is 485 g/mol. The van der Waals surface area contributed by atoms with Crippen LogP contribution in [-0.2, 0) is 9.47 Å². The van der Waals surface area contributed by atoms with E-state index in [9.17, 15) is 30.6 Å². The second kappa shape index (κ2) is 11.5. The van der Waals surface area contributed by atoms with Gasteiger partial charge in [-0.25, -0.2) is 0 Å². The third-order valence-corrected chi connectivity index (χ3v) is 9.22. The van der Waals surface area contributed by atoms with Crippen molar-refractivity contribution in [3.05, 3.63) is 23.3 Å². The minimum atomic E-state index is -1.46. The van der Waals surface area contributed by atoms with Gasteiger partial charge in [-0.1, -0.05) is 31.6 Å². The van der Waals surface area contributed by atoms with Crippen LogP contribution in [0.15, 0.2) is 23.3 Å². The van der Waals surface area contributed by atoms with Crippen LogP contribution in [0.4, 0.5) is 0 Å². The molecule has 2 aliphatic carbocycles. The summed E-state index contributed by atoms with van der Waals surface area (Å²) in [6.45, 7) is 6.46. The Labute approximate surface area is 202 Å². The Balaban J connectivity index is 1.83. The summed E-state index contributed by atoms with van der Waals surface area (Å²) in [6, 6.07) is 0. The predicted octanol–water partition coefficient (Wildman–Crippen LogP) is 1.27. The van der Waals surface area contributed by atoms with Crippen LogP contribution < -0.4 is 0 Å². The van der Waals surface area contributed by atoms with E-state index < -0.39 is 37.3 Å². The molecule has 9 unspecified atom stereocenters. The molecule has 6 N–H and O–H groups in total. The molecule has 0 spiro atoms. The average Bonchev–Trinajstić information content (AvgIpc) is 2.83. The number of hydrogen-bond acceptors (Lipinski definition) is 8. The van der Waals surface area contributed by atoms with Crippen molar-refractivity contribution in [1.29, 1.82) is 0 Å². The molecule has 0 aromatic carbocycles. The molecule has 0 bridgehead atoms. The molecule has 0 amide bonds. The number of aliphatic hydroxyl groups excluding tert-OH is 6. The van der Waals surface area contributed by atoms with Gasteiger partial charge in [0.1, 0.15) is 24.4 Å². The van der Waals surface area contributed by atoms with E-state index in [0.29, 0.717) is 18.4 Å². The SMILES string of the molecule is CC1=CCCC2C1(COC1OC(CO)C(O)C(O)C1O)CCC(C)C2(C)CCC(=CCO)CO. The molecule has 9 atom stereocenters. The second-order valence-corrected chi connectivity index (χ2v) is 10.8. The lowest BCUT2D eigenvalue weighted by Crippen LogP contribution is -2.60. The summed E-state index contributed by atoms with van der Waals surface area (Å²) in [4.78, 5) is 0. The molecule has 0 radical (unpaired) electrons. The van der Waals surface area contributed by atoms with Crippen molar-refractivity contribution in [2.24, 2.45) is 22.7 Å². The molecule has 1 saturated carbocycles.